The van der Waals surface area contributed by atoms with E-state index in [1.165, 1.54) is 14.7 Å². The molecule has 0 radical (unpaired) electrons. The molecule has 31 heavy (non-hydrogen) atoms. The molecule has 0 fully saturated rings. The Morgan fingerprint density at radius 2 is 1.77 bits per heavy atom. The van der Waals surface area contributed by atoms with Crippen molar-refractivity contribution in [2.24, 2.45) is 7.05 Å². The van der Waals surface area contributed by atoms with E-state index in [0.717, 1.165) is 12.0 Å². The molecule has 0 aliphatic rings. The lowest BCUT2D eigenvalue weighted by atomic mass is 10.1. The minimum Gasteiger partial charge on any atom is -0.423 e. The van der Waals surface area contributed by atoms with E-state index in [-0.39, 0.29) is 17.1 Å². The first-order valence-corrected chi connectivity index (χ1v) is 10.3. The van der Waals surface area contributed by atoms with Gasteiger partial charge in [-0.25, -0.2) is 4.79 Å². The summed E-state index contributed by atoms with van der Waals surface area (Å²) in [6.07, 6.45) is 3.17. The van der Waals surface area contributed by atoms with Crippen molar-refractivity contribution in [2.75, 3.05) is 0 Å². The molecule has 0 saturated carbocycles. The first-order valence-electron chi connectivity index (χ1n) is 9.94. The summed E-state index contributed by atoms with van der Waals surface area (Å²) >= 11 is 5.96. The molecule has 0 amide bonds. The van der Waals surface area contributed by atoms with Gasteiger partial charge in [0.15, 0.2) is 16.9 Å². The number of hydrogen-bond acceptors (Lipinski definition) is 4. The number of benzene rings is 2. The molecule has 0 N–H and O–H groups in total. The van der Waals surface area contributed by atoms with Crippen LogP contribution in [0.2, 0.25) is 5.02 Å². The highest BCUT2D eigenvalue weighted by atomic mass is 35.5. The molecule has 0 saturated heterocycles. The van der Waals surface area contributed by atoms with Crippen LogP contribution in [0.15, 0.2) is 74.8 Å². The normalized spacial score (nSPS) is 11.5. The number of oxazole rings is 1. The van der Waals surface area contributed by atoms with Crippen LogP contribution in [0.4, 0.5) is 0 Å². The van der Waals surface area contributed by atoms with Crippen LogP contribution in [0.25, 0.3) is 28.3 Å². The predicted molar refractivity (Wildman–Crippen MR) is 120 cm³/mol. The maximum atomic E-state index is 13.2. The van der Waals surface area contributed by atoms with Gasteiger partial charge in [-0.3, -0.25) is 18.3 Å². The highest BCUT2D eigenvalue weighted by molar-refractivity contribution is 6.30. The van der Waals surface area contributed by atoms with Crippen LogP contribution in [0.1, 0.15) is 12.0 Å². The summed E-state index contributed by atoms with van der Waals surface area (Å²) in [4.78, 5) is 30.4. The maximum Gasteiger partial charge on any atom is 0.332 e. The van der Waals surface area contributed by atoms with Gasteiger partial charge in [-0.2, -0.15) is 4.98 Å². The zero-order valence-corrected chi connectivity index (χ0v) is 17.5. The second kappa shape index (κ2) is 7.59. The van der Waals surface area contributed by atoms with E-state index in [2.05, 4.69) is 4.98 Å². The van der Waals surface area contributed by atoms with Crippen molar-refractivity contribution in [3.05, 3.63) is 92.2 Å². The van der Waals surface area contributed by atoms with Gasteiger partial charge in [0.25, 0.3) is 5.56 Å². The largest absolute Gasteiger partial charge is 0.423 e. The quantitative estimate of drug-likeness (QED) is 0.420. The summed E-state index contributed by atoms with van der Waals surface area (Å²) in [6.45, 7) is 0.325. The van der Waals surface area contributed by atoms with Gasteiger partial charge in [0.1, 0.15) is 0 Å². The fourth-order valence-electron chi connectivity index (χ4n) is 3.78. The lowest BCUT2D eigenvalue weighted by Crippen LogP contribution is -2.39. The summed E-state index contributed by atoms with van der Waals surface area (Å²) in [7, 11) is 1.62. The maximum absolute atomic E-state index is 13.2. The molecule has 5 rings (SSSR count). The molecule has 0 aliphatic carbocycles. The standard InChI is InChI=1S/C23H19ClN4O3/c1-26-20-19(21(29)27(23(26)30)13-5-8-15-6-3-2-4-7-15)28-14-18(31-22(28)25-20)16-9-11-17(24)12-10-16/h2-4,6-7,9-12,14H,5,8,13H2,1H3. The van der Waals surface area contributed by atoms with E-state index < -0.39 is 0 Å². The lowest BCUT2D eigenvalue weighted by molar-refractivity contribution is 0.572. The van der Waals surface area contributed by atoms with Crippen molar-refractivity contribution < 1.29 is 4.42 Å². The SMILES string of the molecule is Cn1c(=O)n(CCCc2ccccc2)c(=O)c2c1nc1oc(-c3ccc(Cl)cc3)cn12. The molecule has 0 unspecified atom stereocenters. The second-order valence-electron chi connectivity index (χ2n) is 7.43. The highest BCUT2D eigenvalue weighted by Gasteiger charge is 2.20. The zero-order valence-electron chi connectivity index (χ0n) is 16.8. The molecule has 2 aromatic carbocycles. The Balaban J connectivity index is 1.56. The highest BCUT2D eigenvalue weighted by Crippen LogP contribution is 2.25. The molecule has 156 valence electrons. The fraction of sp³-hybridized carbons (Fsp3) is 0.174. The Kier molecular flexibility index (Phi) is 4.75. The molecule has 3 heterocycles. The fourth-order valence-corrected chi connectivity index (χ4v) is 3.91. The third-order valence-corrected chi connectivity index (χ3v) is 5.66. The molecule has 8 heteroatoms. The number of halogens is 1. The second-order valence-corrected chi connectivity index (χ2v) is 7.86. The van der Waals surface area contributed by atoms with Crippen molar-refractivity contribution in [3.8, 4) is 11.3 Å². The molecule has 0 spiro atoms. The van der Waals surface area contributed by atoms with Gasteiger partial charge < -0.3 is 4.42 Å². The first kappa shape index (κ1) is 19.4. The summed E-state index contributed by atoms with van der Waals surface area (Å²) in [6, 6.07) is 17.2. The number of fused-ring (bicyclic) bond motifs is 3. The number of hydrogen-bond donors (Lipinski definition) is 0. The smallest absolute Gasteiger partial charge is 0.332 e. The number of aryl methyl sites for hydroxylation is 2. The Morgan fingerprint density at radius 3 is 2.52 bits per heavy atom. The van der Waals surface area contributed by atoms with Crippen LogP contribution in [0, 0.1) is 0 Å². The van der Waals surface area contributed by atoms with E-state index in [0.29, 0.717) is 34.9 Å². The zero-order chi connectivity index (χ0) is 21.5. The van der Waals surface area contributed by atoms with Gasteiger partial charge in [0.2, 0.25) is 0 Å². The molecule has 0 bridgehead atoms. The summed E-state index contributed by atoms with van der Waals surface area (Å²) < 4.78 is 10.1. The Labute approximate surface area is 181 Å². The van der Waals surface area contributed by atoms with Crippen LogP contribution in [0.5, 0.6) is 0 Å². The molecular weight excluding hydrogens is 416 g/mol. The van der Waals surface area contributed by atoms with E-state index in [4.69, 9.17) is 16.0 Å². The van der Waals surface area contributed by atoms with E-state index >= 15 is 0 Å². The van der Waals surface area contributed by atoms with E-state index in [1.807, 2.05) is 42.5 Å². The summed E-state index contributed by atoms with van der Waals surface area (Å²) in [5.41, 5.74) is 1.85. The topological polar surface area (TPSA) is 74.4 Å². The average molecular weight is 435 g/mol. The minimum absolute atomic E-state index is 0.258. The van der Waals surface area contributed by atoms with E-state index in [1.54, 1.807) is 29.8 Å². The number of imidazole rings is 1. The summed E-state index contributed by atoms with van der Waals surface area (Å²) in [5, 5.41) is 0.624. The Bertz CT molecular complexity index is 1510. The third kappa shape index (κ3) is 3.37. The van der Waals surface area contributed by atoms with Crippen LogP contribution in [-0.2, 0) is 20.0 Å². The van der Waals surface area contributed by atoms with Crippen LogP contribution < -0.4 is 11.2 Å². The van der Waals surface area contributed by atoms with Gasteiger partial charge in [-0.15, -0.1) is 0 Å². The molecular formula is C23H19ClN4O3. The third-order valence-electron chi connectivity index (χ3n) is 5.41. The molecule has 0 aliphatic heterocycles. The van der Waals surface area contributed by atoms with Crippen LogP contribution in [0.3, 0.4) is 0 Å². The lowest BCUT2D eigenvalue weighted by Gasteiger charge is -2.08. The van der Waals surface area contributed by atoms with E-state index in [9.17, 15) is 9.59 Å². The van der Waals surface area contributed by atoms with Gasteiger partial charge >= 0.3 is 11.5 Å². The number of nitrogens with zero attached hydrogens (tertiary/aromatic N) is 4. The van der Waals surface area contributed by atoms with Crippen molar-refractivity contribution in [1.29, 1.82) is 0 Å². The Morgan fingerprint density at radius 1 is 1.03 bits per heavy atom. The van der Waals surface area contributed by atoms with Crippen molar-refractivity contribution in [3.63, 3.8) is 0 Å². The average Bonchev–Trinajstić information content (AvgIpc) is 3.34. The van der Waals surface area contributed by atoms with Crippen LogP contribution in [-0.4, -0.2) is 18.5 Å². The van der Waals surface area contributed by atoms with Gasteiger partial charge in [-0.05, 0) is 42.7 Å². The molecule has 3 aromatic heterocycles. The van der Waals surface area contributed by atoms with Gasteiger partial charge in [0, 0.05) is 24.2 Å². The van der Waals surface area contributed by atoms with Crippen molar-refractivity contribution in [1.82, 2.24) is 18.5 Å². The minimum atomic E-state index is -0.385. The van der Waals surface area contributed by atoms with Crippen LogP contribution >= 0.6 is 11.6 Å². The van der Waals surface area contributed by atoms with Crippen molar-refractivity contribution >= 4 is 28.6 Å². The number of aromatic nitrogens is 4. The molecule has 5 aromatic rings. The molecule has 0 atom stereocenters. The molecule has 7 nitrogen and oxygen atoms in total. The van der Waals surface area contributed by atoms with Crippen molar-refractivity contribution in [2.45, 2.75) is 19.4 Å². The van der Waals surface area contributed by atoms with Gasteiger partial charge in [0.05, 0.1) is 6.20 Å². The predicted octanol–water partition coefficient (Wildman–Crippen LogP) is 3.89. The summed E-state index contributed by atoms with van der Waals surface area (Å²) in [5.74, 6) is 0.819. The van der Waals surface area contributed by atoms with Gasteiger partial charge in [-0.1, -0.05) is 41.9 Å². The number of rotatable bonds is 5. The Hall–Kier alpha value is -3.58. The monoisotopic (exact) mass is 434 g/mol. The first-order chi connectivity index (χ1) is 15.0.